The fourth-order valence-electron chi connectivity index (χ4n) is 2.58. The van der Waals surface area contributed by atoms with E-state index in [1.165, 1.54) is 20.3 Å². The maximum atomic E-state index is 12.5. The van der Waals surface area contributed by atoms with Crippen LogP contribution >= 0.6 is 0 Å². The molecule has 142 valence electrons. The van der Waals surface area contributed by atoms with Crippen molar-refractivity contribution < 1.29 is 32.2 Å². The molecule has 2 rings (SSSR count). The van der Waals surface area contributed by atoms with E-state index in [4.69, 9.17) is 13.9 Å². The Morgan fingerprint density at radius 1 is 1.19 bits per heavy atom. The number of carbonyl (C=O) groups excluding carboxylic acids is 1. The highest BCUT2D eigenvalue weighted by atomic mass is 19.3. The van der Waals surface area contributed by atoms with Crippen LogP contribution in [0.1, 0.15) is 27.4 Å². The van der Waals surface area contributed by atoms with Gasteiger partial charge in [0.1, 0.15) is 17.1 Å². The van der Waals surface area contributed by atoms with E-state index in [2.05, 4.69) is 4.74 Å². The topological polar surface area (TPSA) is 61.1 Å². The summed E-state index contributed by atoms with van der Waals surface area (Å²) in [7, 11) is 4.54. The summed E-state index contributed by atoms with van der Waals surface area (Å²) in [6.07, 6.45) is 0. The Morgan fingerprint density at radius 2 is 1.92 bits per heavy atom. The van der Waals surface area contributed by atoms with Gasteiger partial charge in [0.05, 0.1) is 20.8 Å². The second-order valence-corrected chi connectivity index (χ2v) is 5.71. The minimum Gasteiger partial charge on any atom is -0.493 e. The Morgan fingerprint density at radius 3 is 2.54 bits per heavy atom. The van der Waals surface area contributed by atoms with Crippen molar-refractivity contribution in [3.63, 3.8) is 0 Å². The lowest BCUT2D eigenvalue weighted by Gasteiger charge is -2.17. The van der Waals surface area contributed by atoms with Gasteiger partial charge in [0.25, 0.3) is 0 Å². The molecule has 0 spiro atoms. The summed E-state index contributed by atoms with van der Waals surface area (Å²) >= 11 is 0. The van der Waals surface area contributed by atoms with Crippen molar-refractivity contribution in [2.45, 2.75) is 26.6 Å². The lowest BCUT2D eigenvalue weighted by molar-refractivity contribution is -0.0512. The number of furan rings is 1. The normalized spacial score (nSPS) is 11.1. The molecule has 0 aliphatic carbocycles. The fourth-order valence-corrected chi connectivity index (χ4v) is 2.58. The molecule has 0 saturated carbocycles. The molecule has 6 nitrogen and oxygen atoms in total. The lowest BCUT2D eigenvalue weighted by Crippen LogP contribution is -2.17. The van der Waals surface area contributed by atoms with E-state index >= 15 is 0 Å². The van der Waals surface area contributed by atoms with E-state index < -0.39 is 12.6 Å². The highest BCUT2D eigenvalue weighted by Crippen LogP contribution is 2.30. The molecule has 0 bridgehead atoms. The number of methoxy groups -OCH3 is 2. The summed E-state index contributed by atoms with van der Waals surface area (Å²) in [6.45, 7) is -0.362. The van der Waals surface area contributed by atoms with Crippen LogP contribution in [0.15, 0.2) is 28.7 Å². The Hall–Kier alpha value is -2.61. The third-order valence-electron chi connectivity index (χ3n) is 3.70. The predicted molar refractivity (Wildman–Crippen MR) is 89.6 cm³/mol. The smallest absolute Gasteiger partial charge is 0.387 e. The van der Waals surface area contributed by atoms with E-state index in [-0.39, 0.29) is 11.5 Å². The number of esters is 1. The van der Waals surface area contributed by atoms with Gasteiger partial charge in [-0.25, -0.2) is 4.79 Å². The summed E-state index contributed by atoms with van der Waals surface area (Å²) < 4.78 is 44.8. The molecule has 1 aromatic carbocycles. The van der Waals surface area contributed by atoms with E-state index in [1.54, 1.807) is 25.1 Å². The molecule has 0 fully saturated rings. The van der Waals surface area contributed by atoms with Gasteiger partial charge in [-0.2, -0.15) is 8.78 Å². The minimum absolute atomic E-state index is 0.0183. The second kappa shape index (κ2) is 8.66. The van der Waals surface area contributed by atoms with Gasteiger partial charge in [0, 0.05) is 6.54 Å². The number of halogens is 2. The number of ether oxygens (including phenoxy) is 3. The average Bonchev–Trinajstić information content (AvgIpc) is 2.94. The third-order valence-corrected chi connectivity index (χ3v) is 3.70. The standard InChI is InChI=1S/C18H21F2NO5/c1-11-14(17(22)24-4)8-13(25-11)10-21(2)9-12-5-6-15(23-3)16(7-12)26-18(19)20/h5-8,18H,9-10H2,1-4H3. The van der Waals surface area contributed by atoms with Crippen LogP contribution in [0.2, 0.25) is 0 Å². The molecule has 0 atom stereocenters. The molecule has 0 amide bonds. The monoisotopic (exact) mass is 369 g/mol. The Bertz CT molecular complexity index is 760. The number of benzene rings is 1. The Labute approximate surface area is 150 Å². The highest BCUT2D eigenvalue weighted by molar-refractivity contribution is 5.90. The van der Waals surface area contributed by atoms with Gasteiger partial charge < -0.3 is 18.6 Å². The van der Waals surface area contributed by atoms with Gasteiger partial charge in [0.15, 0.2) is 11.5 Å². The van der Waals surface area contributed by atoms with E-state index in [0.29, 0.717) is 30.2 Å². The first kappa shape index (κ1) is 19.7. The molecule has 26 heavy (non-hydrogen) atoms. The first-order valence-electron chi connectivity index (χ1n) is 7.82. The van der Waals surface area contributed by atoms with Crippen LogP contribution in [0.4, 0.5) is 8.78 Å². The number of alkyl halides is 2. The third kappa shape index (κ3) is 4.95. The van der Waals surface area contributed by atoms with Crippen molar-refractivity contribution in [2.75, 3.05) is 21.3 Å². The molecule has 0 saturated heterocycles. The van der Waals surface area contributed by atoms with Crippen LogP contribution in [0, 0.1) is 6.92 Å². The summed E-state index contributed by atoms with van der Waals surface area (Å²) in [5.74, 6) is 0.848. The molecular weight excluding hydrogens is 348 g/mol. The molecule has 1 aromatic heterocycles. The van der Waals surface area contributed by atoms with Crippen molar-refractivity contribution >= 4 is 5.97 Å². The number of nitrogens with zero attached hydrogens (tertiary/aromatic N) is 1. The summed E-state index contributed by atoms with van der Waals surface area (Å²) in [6, 6.07) is 6.49. The number of aryl methyl sites for hydroxylation is 1. The Kier molecular flexibility index (Phi) is 6.57. The average molecular weight is 369 g/mol. The molecule has 0 aliphatic rings. The number of carbonyl (C=O) groups is 1. The fraction of sp³-hybridized carbons (Fsp3) is 0.389. The van der Waals surface area contributed by atoms with Gasteiger partial charge in [-0.3, -0.25) is 4.90 Å². The van der Waals surface area contributed by atoms with Crippen LogP contribution < -0.4 is 9.47 Å². The van der Waals surface area contributed by atoms with Crippen molar-refractivity contribution in [3.8, 4) is 11.5 Å². The molecule has 1 heterocycles. The highest BCUT2D eigenvalue weighted by Gasteiger charge is 2.17. The molecule has 8 heteroatoms. The van der Waals surface area contributed by atoms with E-state index in [9.17, 15) is 13.6 Å². The number of hydrogen-bond donors (Lipinski definition) is 0. The molecule has 0 radical (unpaired) electrons. The summed E-state index contributed by atoms with van der Waals surface area (Å²) in [5, 5.41) is 0. The maximum absolute atomic E-state index is 12.5. The van der Waals surface area contributed by atoms with E-state index in [1.807, 2.05) is 11.9 Å². The van der Waals surface area contributed by atoms with Crippen molar-refractivity contribution in [2.24, 2.45) is 0 Å². The van der Waals surface area contributed by atoms with Crippen molar-refractivity contribution in [1.29, 1.82) is 0 Å². The van der Waals surface area contributed by atoms with Gasteiger partial charge in [-0.15, -0.1) is 0 Å². The Balaban J connectivity index is 2.08. The zero-order valence-electron chi connectivity index (χ0n) is 15.0. The SMILES string of the molecule is COC(=O)c1cc(CN(C)Cc2ccc(OC)c(OC(F)F)c2)oc1C. The van der Waals surface area contributed by atoms with Crippen LogP contribution in [0.3, 0.4) is 0 Å². The van der Waals surface area contributed by atoms with E-state index in [0.717, 1.165) is 5.56 Å². The quantitative estimate of drug-likeness (QED) is 0.663. The van der Waals surface area contributed by atoms with Crippen LogP contribution in [0.5, 0.6) is 11.5 Å². The number of hydrogen-bond acceptors (Lipinski definition) is 6. The van der Waals surface area contributed by atoms with Crippen LogP contribution in [-0.4, -0.2) is 38.7 Å². The van der Waals surface area contributed by atoms with Gasteiger partial charge >= 0.3 is 12.6 Å². The molecule has 0 unspecified atom stereocenters. The second-order valence-electron chi connectivity index (χ2n) is 5.71. The predicted octanol–water partition coefficient (Wildman–Crippen LogP) is 3.62. The van der Waals surface area contributed by atoms with Crippen molar-refractivity contribution in [1.82, 2.24) is 4.90 Å². The summed E-state index contributed by atoms with van der Waals surface area (Å²) in [5.41, 5.74) is 1.15. The van der Waals surface area contributed by atoms with Gasteiger partial charge in [-0.1, -0.05) is 6.07 Å². The molecule has 2 aromatic rings. The largest absolute Gasteiger partial charge is 0.493 e. The number of rotatable bonds is 8. The summed E-state index contributed by atoms with van der Waals surface area (Å²) in [4.78, 5) is 13.5. The first-order chi connectivity index (χ1) is 12.3. The molecule has 0 aliphatic heterocycles. The zero-order chi connectivity index (χ0) is 19.3. The van der Waals surface area contributed by atoms with Crippen LogP contribution in [-0.2, 0) is 17.8 Å². The zero-order valence-corrected chi connectivity index (χ0v) is 15.0. The van der Waals surface area contributed by atoms with Crippen LogP contribution in [0.25, 0.3) is 0 Å². The van der Waals surface area contributed by atoms with Gasteiger partial charge in [-0.05, 0) is 37.7 Å². The first-order valence-corrected chi connectivity index (χ1v) is 7.82. The molecule has 0 N–H and O–H groups in total. The maximum Gasteiger partial charge on any atom is 0.387 e. The van der Waals surface area contributed by atoms with Crippen molar-refractivity contribution in [3.05, 3.63) is 46.9 Å². The molecular formula is C18H21F2NO5. The minimum atomic E-state index is -2.93. The lowest BCUT2D eigenvalue weighted by atomic mass is 10.2. The van der Waals surface area contributed by atoms with Gasteiger partial charge in [0.2, 0.25) is 0 Å².